The third kappa shape index (κ3) is 1.64. The molecule has 124 valence electrons. The van der Waals surface area contributed by atoms with Crippen LogP contribution in [0.3, 0.4) is 0 Å². The topological polar surface area (TPSA) is 40.5 Å². The van der Waals surface area contributed by atoms with E-state index in [1.54, 1.807) is 0 Å². The molecule has 4 fully saturated rings. The predicted molar refractivity (Wildman–Crippen MR) is 88.3 cm³/mol. The summed E-state index contributed by atoms with van der Waals surface area (Å²) in [6.45, 7) is 11.3. The fraction of sp³-hybridized carbons (Fsp3) is 0.900. The first-order chi connectivity index (χ1) is 10.1. The molecule has 1 spiro atoms. The Morgan fingerprint density at radius 2 is 1.68 bits per heavy atom. The molecular weight excluding hydrogens is 272 g/mol. The van der Waals surface area contributed by atoms with E-state index in [1.807, 2.05) is 0 Å². The molecule has 0 aliphatic heterocycles. The summed E-state index contributed by atoms with van der Waals surface area (Å²) in [7, 11) is 0. The van der Waals surface area contributed by atoms with Crippen molar-refractivity contribution in [2.75, 3.05) is 0 Å². The minimum Gasteiger partial charge on any atom is -0.393 e. The predicted octanol–water partition coefficient (Wildman–Crippen LogP) is 4.06. The van der Waals surface area contributed by atoms with Crippen molar-refractivity contribution in [3.63, 3.8) is 0 Å². The largest absolute Gasteiger partial charge is 0.393 e. The van der Waals surface area contributed by atoms with Crippen LogP contribution in [-0.2, 0) is 0 Å². The zero-order valence-electron chi connectivity index (χ0n) is 14.5. The fourth-order valence-electron chi connectivity index (χ4n) is 7.57. The SMILES string of the molecule is C=C1C[C@]23CC[C@H]4C(C)(C)[C@H](O)CC[C@]4(C)[C@H]2CC[C@@]1(O)C3. The Hall–Kier alpha value is -0.340. The normalized spacial score (nSPS) is 56.4. The van der Waals surface area contributed by atoms with Gasteiger partial charge in [0, 0.05) is 0 Å². The van der Waals surface area contributed by atoms with Crippen LogP contribution < -0.4 is 0 Å². The summed E-state index contributed by atoms with van der Waals surface area (Å²) in [5, 5.41) is 21.5. The molecule has 22 heavy (non-hydrogen) atoms. The quantitative estimate of drug-likeness (QED) is 0.663. The summed E-state index contributed by atoms with van der Waals surface area (Å²) in [5.41, 5.74) is 1.19. The van der Waals surface area contributed by atoms with Gasteiger partial charge in [-0.15, -0.1) is 0 Å². The van der Waals surface area contributed by atoms with Gasteiger partial charge in [-0.2, -0.15) is 0 Å². The van der Waals surface area contributed by atoms with E-state index in [2.05, 4.69) is 27.4 Å². The smallest absolute Gasteiger partial charge is 0.0860 e. The summed E-state index contributed by atoms with van der Waals surface area (Å²) < 4.78 is 0. The summed E-state index contributed by atoms with van der Waals surface area (Å²) in [6.07, 6.45) is 8.42. The Bertz CT molecular complexity index is 524. The molecule has 0 radical (unpaired) electrons. The Morgan fingerprint density at radius 3 is 2.41 bits per heavy atom. The van der Waals surface area contributed by atoms with Crippen molar-refractivity contribution in [3.8, 4) is 0 Å². The molecule has 0 unspecified atom stereocenters. The molecule has 2 nitrogen and oxygen atoms in total. The van der Waals surface area contributed by atoms with Gasteiger partial charge in [0.15, 0.2) is 0 Å². The molecule has 2 heteroatoms. The van der Waals surface area contributed by atoms with Gasteiger partial charge in [-0.3, -0.25) is 0 Å². The van der Waals surface area contributed by atoms with E-state index >= 15 is 0 Å². The van der Waals surface area contributed by atoms with Crippen LogP contribution in [-0.4, -0.2) is 21.9 Å². The van der Waals surface area contributed by atoms with Gasteiger partial charge in [-0.1, -0.05) is 27.4 Å². The lowest BCUT2D eigenvalue weighted by Crippen LogP contribution is -2.60. The second-order valence-corrected chi connectivity index (χ2v) is 9.92. The minimum atomic E-state index is -0.566. The molecular formula is C20H32O2. The first kappa shape index (κ1) is 15.2. The number of aliphatic hydroxyl groups is 2. The number of hydrogen-bond acceptors (Lipinski definition) is 2. The van der Waals surface area contributed by atoms with Gasteiger partial charge in [0.05, 0.1) is 11.7 Å². The third-order valence-electron chi connectivity index (χ3n) is 8.69. The number of fused-ring (bicyclic) bond motifs is 3. The lowest BCUT2D eigenvalue weighted by atomic mass is 9.40. The molecule has 4 aliphatic rings. The van der Waals surface area contributed by atoms with Crippen molar-refractivity contribution in [2.24, 2.45) is 28.1 Å². The molecule has 4 saturated carbocycles. The summed E-state index contributed by atoms with van der Waals surface area (Å²) in [6, 6.07) is 0. The molecule has 2 N–H and O–H groups in total. The highest BCUT2D eigenvalue weighted by Crippen LogP contribution is 2.72. The Labute approximate surface area is 135 Å². The lowest BCUT2D eigenvalue weighted by Gasteiger charge is -2.65. The maximum Gasteiger partial charge on any atom is 0.0860 e. The zero-order valence-corrected chi connectivity index (χ0v) is 14.5. The molecule has 4 aliphatic carbocycles. The average molecular weight is 304 g/mol. The highest BCUT2D eigenvalue weighted by atomic mass is 16.3. The van der Waals surface area contributed by atoms with Gasteiger partial charge in [0.25, 0.3) is 0 Å². The standard InChI is InChI=1S/C20H32O2/c1-13-11-19-9-5-14-17(2,3)16(21)7-8-18(14,4)15(19)6-10-20(13,22)12-19/h14-16,21-22H,1,5-12H2,2-4H3/t14-,15+,16+,18-,19-,20+/m0/s1. The van der Waals surface area contributed by atoms with Crippen molar-refractivity contribution < 1.29 is 10.2 Å². The van der Waals surface area contributed by atoms with Crippen LogP contribution in [0, 0.1) is 28.1 Å². The van der Waals surface area contributed by atoms with E-state index < -0.39 is 5.60 Å². The van der Waals surface area contributed by atoms with E-state index in [-0.39, 0.29) is 11.5 Å². The first-order valence-electron chi connectivity index (χ1n) is 9.23. The molecule has 0 aromatic heterocycles. The van der Waals surface area contributed by atoms with Crippen LogP contribution in [0.5, 0.6) is 0 Å². The molecule has 0 heterocycles. The van der Waals surface area contributed by atoms with Gasteiger partial charge in [-0.05, 0) is 85.0 Å². The Morgan fingerprint density at radius 1 is 1.00 bits per heavy atom. The van der Waals surface area contributed by atoms with Crippen LogP contribution in [0.15, 0.2) is 12.2 Å². The lowest BCUT2D eigenvalue weighted by molar-refractivity contribution is -0.189. The van der Waals surface area contributed by atoms with E-state index in [4.69, 9.17) is 0 Å². The van der Waals surface area contributed by atoms with Crippen molar-refractivity contribution in [3.05, 3.63) is 12.2 Å². The van der Waals surface area contributed by atoms with E-state index in [9.17, 15) is 10.2 Å². The maximum absolute atomic E-state index is 10.9. The molecule has 0 aromatic rings. The molecule has 4 rings (SSSR count). The van der Waals surface area contributed by atoms with Crippen LogP contribution in [0.1, 0.15) is 72.1 Å². The molecule has 0 saturated heterocycles. The zero-order chi connectivity index (χ0) is 16.0. The summed E-state index contributed by atoms with van der Waals surface area (Å²) >= 11 is 0. The minimum absolute atomic E-state index is 0.0258. The van der Waals surface area contributed by atoms with Gasteiger partial charge in [0.2, 0.25) is 0 Å². The molecule has 0 aromatic carbocycles. The number of hydrogen-bond donors (Lipinski definition) is 2. The van der Waals surface area contributed by atoms with Gasteiger partial charge < -0.3 is 10.2 Å². The van der Waals surface area contributed by atoms with Gasteiger partial charge >= 0.3 is 0 Å². The van der Waals surface area contributed by atoms with Crippen molar-refractivity contribution >= 4 is 0 Å². The highest BCUT2D eigenvalue weighted by Gasteiger charge is 2.66. The molecule has 6 atom stereocenters. The van der Waals surface area contributed by atoms with Gasteiger partial charge in [0.1, 0.15) is 0 Å². The fourth-order valence-corrected chi connectivity index (χ4v) is 7.57. The number of rotatable bonds is 0. The third-order valence-corrected chi connectivity index (χ3v) is 8.69. The maximum atomic E-state index is 10.9. The first-order valence-corrected chi connectivity index (χ1v) is 9.23. The summed E-state index contributed by atoms with van der Waals surface area (Å²) in [4.78, 5) is 0. The van der Waals surface area contributed by atoms with Gasteiger partial charge in [-0.25, -0.2) is 0 Å². The summed E-state index contributed by atoms with van der Waals surface area (Å²) in [5.74, 6) is 1.31. The highest BCUT2D eigenvalue weighted by molar-refractivity contribution is 5.29. The van der Waals surface area contributed by atoms with Crippen LogP contribution in [0.4, 0.5) is 0 Å². The van der Waals surface area contributed by atoms with Crippen molar-refractivity contribution in [2.45, 2.75) is 83.8 Å². The average Bonchev–Trinajstić information content (AvgIpc) is 2.60. The Kier molecular flexibility index (Phi) is 2.89. The Balaban J connectivity index is 1.75. The van der Waals surface area contributed by atoms with Crippen molar-refractivity contribution in [1.29, 1.82) is 0 Å². The monoisotopic (exact) mass is 304 g/mol. The van der Waals surface area contributed by atoms with Crippen LogP contribution >= 0.6 is 0 Å². The van der Waals surface area contributed by atoms with Crippen LogP contribution in [0.25, 0.3) is 0 Å². The number of aliphatic hydroxyl groups excluding tert-OH is 1. The van der Waals surface area contributed by atoms with E-state index in [0.717, 1.165) is 44.1 Å². The molecule has 0 amide bonds. The van der Waals surface area contributed by atoms with Crippen molar-refractivity contribution in [1.82, 2.24) is 0 Å². The van der Waals surface area contributed by atoms with Crippen LogP contribution in [0.2, 0.25) is 0 Å². The second-order valence-electron chi connectivity index (χ2n) is 9.92. The van der Waals surface area contributed by atoms with E-state index in [1.165, 1.54) is 12.8 Å². The molecule has 2 bridgehead atoms. The van der Waals surface area contributed by atoms with E-state index in [0.29, 0.717) is 22.7 Å². The second kappa shape index (κ2) is 4.19.